The van der Waals surface area contributed by atoms with E-state index in [0.717, 1.165) is 10.8 Å². The van der Waals surface area contributed by atoms with Crippen molar-refractivity contribution in [1.82, 2.24) is 0 Å². The largest absolute Gasteiger partial charge is 0.507 e. The second kappa shape index (κ2) is 7.81. The number of benzene rings is 3. The molecule has 0 saturated heterocycles. The smallest absolute Gasteiger partial charge is 0.252 e. The Balaban J connectivity index is 0.000000185. The number of rotatable bonds is 2. The maximum absolute atomic E-state index is 10.9. The molecule has 4 nitrogen and oxygen atoms in total. The number of nitrogens with one attached hydrogen (secondary N) is 1. The zero-order valence-electron chi connectivity index (χ0n) is 12.5. The lowest BCUT2D eigenvalue weighted by atomic mass is 10.1. The van der Waals surface area contributed by atoms with Gasteiger partial charge in [0.05, 0.1) is 15.6 Å². The number of carbonyl (C=O) groups excluding carboxylic acids is 1. The summed E-state index contributed by atoms with van der Waals surface area (Å²) in [5.41, 5.74) is 5.91. The van der Waals surface area contributed by atoms with Crippen LogP contribution in [0.1, 0.15) is 15.9 Å². The second-order valence-corrected chi connectivity index (χ2v) is 5.65. The predicted octanol–water partition coefficient (Wildman–Crippen LogP) is 4.64. The Morgan fingerprint density at radius 2 is 1.67 bits per heavy atom. The summed E-state index contributed by atoms with van der Waals surface area (Å²) in [6.07, 6.45) is 1.17. The summed E-state index contributed by atoms with van der Waals surface area (Å²) in [4.78, 5) is 10.9. The number of aromatic hydroxyl groups is 1. The minimum absolute atomic E-state index is 0.0730. The molecule has 0 aromatic heterocycles. The summed E-state index contributed by atoms with van der Waals surface area (Å²) in [6.45, 7) is 0. The Morgan fingerprint density at radius 1 is 1.04 bits per heavy atom. The van der Waals surface area contributed by atoms with E-state index in [1.165, 1.54) is 12.3 Å². The van der Waals surface area contributed by atoms with Gasteiger partial charge in [-0.25, -0.2) is 0 Å². The quantitative estimate of drug-likeness (QED) is 0.581. The van der Waals surface area contributed by atoms with Crippen LogP contribution >= 0.6 is 23.2 Å². The van der Waals surface area contributed by atoms with E-state index in [0.29, 0.717) is 15.6 Å². The van der Waals surface area contributed by atoms with E-state index in [4.69, 9.17) is 34.3 Å². The maximum atomic E-state index is 10.9. The van der Waals surface area contributed by atoms with E-state index in [9.17, 15) is 9.90 Å². The van der Waals surface area contributed by atoms with Gasteiger partial charge in [0.2, 0.25) is 0 Å². The van der Waals surface area contributed by atoms with Crippen molar-refractivity contribution in [2.24, 2.45) is 5.73 Å². The predicted molar refractivity (Wildman–Crippen MR) is 98.5 cm³/mol. The normalized spacial score (nSPS) is 9.92. The molecule has 1 amide bonds. The first-order chi connectivity index (χ1) is 11.4. The van der Waals surface area contributed by atoms with Crippen molar-refractivity contribution in [2.45, 2.75) is 0 Å². The average Bonchev–Trinajstić information content (AvgIpc) is 2.57. The van der Waals surface area contributed by atoms with Gasteiger partial charge in [0.15, 0.2) is 0 Å². The zero-order valence-corrected chi connectivity index (χ0v) is 14.0. The average molecular weight is 361 g/mol. The zero-order chi connectivity index (χ0) is 17.7. The van der Waals surface area contributed by atoms with Crippen molar-refractivity contribution in [2.75, 3.05) is 0 Å². The summed E-state index contributed by atoms with van der Waals surface area (Å²) < 4.78 is 0. The van der Waals surface area contributed by atoms with Crippen LogP contribution in [-0.4, -0.2) is 17.2 Å². The van der Waals surface area contributed by atoms with Crippen LogP contribution in [0.25, 0.3) is 10.8 Å². The van der Waals surface area contributed by atoms with E-state index in [-0.39, 0.29) is 11.3 Å². The number of amides is 1. The van der Waals surface area contributed by atoms with Gasteiger partial charge in [-0.1, -0.05) is 59.6 Å². The van der Waals surface area contributed by atoms with Crippen molar-refractivity contribution >= 4 is 46.1 Å². The summed E-state index contributed by atoms with van der Waals surface area (Å²) in [7, 11) is 0. The minimum atomic E-state index is -0.617. The molecule has 3 aromatic rings. The molecule has 3 rings (SSSR count). The van der Waals surface area contributed by atoms with Crippen molar-refractivity contribution in [3.8, 4) is 5.75 Å². The Hall–Kier alpha value is -2.56. The number of primary amides is 1. The Kier molecular flexibility index (Phi) is 5.79. The van der Waals surface area contributed by atoms with Gasteiger partial charge in [0.1, 0.15) is 5.75 Å². The number of hydrogen-bond acceptors (Lipinski definition) is 3. The summed E-state index contributed by atoms with van der Waals surface area (Å²) in [5, 5.41) is 19.1. The van der Waals surface area contributed by atoms with Crippen molar-refractivity contribution in [3.63, 3.8) is 0 Å². The molecule has 122 valence electrons. The molecule has 6 heteroatoms. The molecule has 0 radical (unpaired) electrons. The van der Waals surface area contributed by atoms with Crippen molar-refractivity contribution in [1.29, 1.82) is 5.41 Å². The third-order valence-electron chi connectivity index (χ3n) is 3.27. The Labute approximate surface area is 148 Å². The molecule has 0 aliphatic carbocycles. The highest BCUT2D eigenvalue weighted by molar-refractivity contribution is 6.43. The van der Waals surface area contributed by atoms with Gasteiger partial charge in [0, 0.05) is 11.8 Å². The highest BCUT2D eigenvalue weighted by Gasteiger charge is 2.08. The standard InChI is InChI=1S/C11H9NO2.C7H5Cl2N/c12-11(14)9-5-7-3-1-2-4-8(7)6-10(9)13;8-6-3-1-2-5(4-10)7(6)9/h1-6,13H,(H2,12,14);1-4,10H. The summed E-state index contributed by atoms with van der Waals surface area (Å²) >= 11 is 11.4. The molecular formula is C18H14Cl2N2O2. The SMILES string of the molecule is N=Cc1cccc(Cl)c1Cl.NC(=O)c1cc2ccccc2cc1O. The first-order valence-corrected chi connectivity index (χ1v) is 7.65. The third kappa shape index (κ3) is 4.04. The maximum Gasteiger partial charge on any atom is 0.252 e. The van der Waals surface area contributed by atoms with Gasteiger partial charge in [-0.15, -0.1) is 0 Å². The van der Waals surface area contributed by atoms with Crippen LogP contribution in [0.4, 0.5) is 0 Å². The molecular weight excluding hydrogens is 347 g/mol. The summed E-state index contributed by atoms with van der Waals surface area (Å²) in [6, 6.07) is 15.8. The monoisotopic (exact) mass is 360 g/mol. The lowest BCUT2D eigenvalue weighted by Gasteiger charge is -2.02. The molecule has 0 atom stereocenters. The van der Waals surface area contributed by atoms with Crippen LogP contribution in [0.15, 0.2) is 54.6 Å². The first kappa shape index (κ1) is 17.8. The van der Waals surface area contributed by atoms with E-state index in [1.807, 2.05) is 24.3 Å². The van der Waals surface area contributed by atoms with Gasteiger partial charge in [-0.3, -0.25) is 4.79 Å². The first-order valence-electron chi connectivity index (χ1n) is 6.90. The number of hydrogen-bond donors (Lipinski definition) is 3. The highest BCUT2D eigenvalue weighted by atomic mass is 35.5. The van der Waals surface area contributed by atoms with Gasteiger partial charge < -0.3 is 16.2 Å². The van der Waals surface area contributed by atoms with E-state index >= 15 is 0 Å². The van der Waals surface area contributed by atoms with Gasteiger partial charge >= 0.3 is 0 Å². The van der Waals surface area contributed by atoms with E-state index in [1.54, 1.807) is 24.3 Å². The highest BCUT2D eigenvalue weighted by Crippen LogP contribution is 2.24. The van der Waals surface area contributed by atoms with E-state index in [2.05, 4.69) is 0 Å². The minimum Gasteiger partial charge on any atom is -0.507 e. The topological polar surface area (TPSA) is 87.2 Å². The molecule has 0 saturated carbocycles. The van der Waals surface area contributed by atoms with Crippen LogP contribution < -0.4 is 5.73 Å². The molecule has 0 spiro atoms. The summed E-state index contributed by atoms with van der Waals surface area (Å²) in [5.74, 6) is -0.690. The third-order valence-corrected chi connectivity index (χ3v) is 4.10. The Bertz CT molecular complexity index is 911. The van der Waals surface area contributed by atoms with Gasteiger partial charge in [-0.05, 0) is 29.0 Å². The molecule has 0 fully saturated rings. The fourth-order valence-corrected chi connectivity index (χ4v) is 2.42. The molecule has 0 bridgehead atoms. The van der Waals surface area contributed by atoms with Crippen LogP contribution in [0.5, 0.6) is 5.75 Å². The van der Waals surface area contributed by atoms with E-state index < -0.39 is 5.91 Å². The van der Waals surface area contributed by atoms with Crippen LogP contribution in [-0.2, 0) is 0 Å². The molecule has 0 aliphatic rings. The van der Waals surface area contributed by atoms with Crippen molar-refractivity contribution < 1.29 is 9.90 Å². The molecule has 0 aliphatic heterocycles. The van der Waals surface area contributed by atoms with Crippen LogP contribution in [0, 0.1) is 5.41 Å². The fraction of sp³-hybridized carbons (Fsp3) is 0. The number of fused-ring (bicyclic) bond motifs is 1. The number of halogens is 2. The fourth-order valence-electron chi connectivity index (χ4n) is 2.06. The second-order valence-electron chi connectivity index (χ2n) is 4.87. The van der Waals surface area contributed by atoms with Crippen molar-refractivity contribution in [3.05, 3.63) is 75.8 Å². The lowest BCUT2D eigenvalue weighted by molar-refractivity contribution is 0.0998. The molecule has 0 heterocycles. The van der Waals surface area contributed by atoms with Crippen LogP contribution in [0.3, 0.4) is 0 Å². The number of carbonyl (C=O) groups is 1. The Morgan fingerprint density at radius 3 is 2.21 bits per heavy atom. The van der Waals surface area contributed by atoms with Gasteiger partial charge in [-0.2, -0.15) is 0 Å². The number of nitrogens with two attached hydrogens (primary N) is 1. The molecule has 0 unspecified atom stereocenters. The lowest BCUT2D eigenvalue weighted by Crippen LogP contribution is -2.10. The molecule has 24 heavy (non-hydrogen) atoms. The van der Waals surface area contributed by atoms with Crippen LogP contribution in [0.2, 0.25) is 10.0 Å². The van der Waals surface area contributed by atoms with Gasteiger partial charge in [0.25, 0.3) is 5.91 Å². The molecule has 3 aromatic carbocycles. The molecule has 4 N–H and O–H groups in total. The number of phenols is 1.